The lowest BCUT2D eigenvalue weighted by Crippen LogP contribution is -2.49. The average molecular weight is 290 g/mol. The molecule has 2 rings (SSSR count). The summed E-state index contributed by atoms with van der Waals surface area (Å²) in [5, 5.41) is 4.25. The predicted molar refractivity (Wildman–Crippen MR) is 68.8 cm³/mol. The maximum Gasteiger partial charge on any atom is 0.0640 e. The number of nitrogens with one attached hydrogen (secondary N) is 1. The van der Waals surface area contributed by atoms with Crippen molar-refractivity contribution in [2.45, 2.75) is 13.0 Å². The van der Waals surface area contributed by atoms with E-state index in [1.54, 1.807) is 0 Å². The van der Waals surface area contributed by atoms with Gasteiger partial charge in [-0.15, -0.1) is 0 Å². The van der Waals surface area contributed by atoms with Gasteiger partial charge in [-0.05, 0) is 25.1 Å². The smallest absolute Gasteiger partial charge is 0.0640 e. The second-order valence-electron chi connectivity index (χ2n) is 3.90. The molecule has 1 fully saturated rings. The maximum absolute atomic E-state index is 6.19. The van der Waals surface area contributed by atoms with Crippen molar-refractivity contribution in [2.24, 2.45) is 0 Å². The van der Waals surface area contributed by atoms with Crippen molar-refractivity contribution >= 4 is 33.2 Å². The van der Waals surface area contributed by atoms with Gasteiger partial charge in [0.15, 0.2) is 0 Å². The molecule has 1 atom stereocenters. The SMILES string of the molecule is CC1CN(c2cc(Br)ccc2Cl)CCN1. The highest BCUT2D eigenvalue weighted by atomic mass is 79.9. The highest BCUT2D eigenvalue weighted by Crippen LogP contribution is 2.29. The Morgan fingerprint density at radius 3 is 3.07 bits per heavy atom. The first-order valence-corrected chi connectivity index (χ1v) is 6.27. The summed E-state index contributed by atoms with van der Waals surface area (Å²) in [6.07, 6.45) is 0. The molecule has 1 aliphatic rings. The van der Waals surface area contributed by atoms with Gasteiger partial charge in [-0.2, -0.15) is 0 Å². The fraction of sp³-hybridized carbons (Fsp3) is 0.455. The first-order valence-electron chi connectivity index (χ1n) is 5.10. The Kier molecular flexibility index (Phi) is 3.54. The molecule has 0 amide bonds. The lowest BCUT2D eigenvalue weighted by molar-refractivity contribution is 0.485. The molecule has 1 aliphatic heterocycles. The highest BCUT2D eigenvalue weighted by molar-refractivity contribution is 9.10. The summed E-state index contributed by atoms with van der Waals surface area (Å²) in [5.41, 5.74) is 1.12. The molecule has 1 N–H and O–H groups in total. The van der Waals surface area contributed by atoms with Crippen LogP contribution >= 0.6 is 27.5 Å². The van der Waals surface area contributed by atoms with E-state index in [-0.39, 0.29) is 0 Å². The third-order valence-corrected chi connectivity index (χ3v) is 3.43. The van der Waals surface area contributed by atoms with Crippen LogP contribution in [0.25, 0.3) is 0 Å². The lowest BCUT2D eigenvalue weighted by atomic mass is 10.2. The van der Waals surface area contributed by atoms with Crippen LogP contribution in [-0.4, -0.2) is 25.7 Å². The van der Waals surface area contributed by atoms with Crippen molar-refractivity contribution in [1.82, 2.24) is 5.32 Å². The van der Waals surface area contributed by atoms with Crippen LogP contribution in [0.5, 0.6) is 0 Å². The molecule has 1 unspecified atom stereocenters. The molecule has 0 radical (unpaired) electrons. The van der Waals surface area contributed by atoms with Crippen molar-refractivity contribution in [3.8, 4) is 0 Å². The van der Waals surface area contributed by atoms with Gasteiger partial charge >= 0.3 is 0 Å². The molecule has 0 aliphatic carbocycles. The quantitative estimate of drug-likeness (QED) is 0.855. The van der Waals surface area contributed by atoms with Gasteiger partial charge in [0.1, 0.15) is 0 Å². The molecule has 1 aromatic rings. The number of benzene rings is 1. The van der Waals surface area contributed by atoms with Crippen LogP contribution in [0, 0.1) is 0 Å². The first kappa shape index (κ1) is 11.2. The Morgan fingerprint density at radius 1 is 1.53 bits per heavy atom. The van der Waals surface area contributed by atoms with Crippen LogP contribution in [0.4, 0.5) is 5.69 Å². The predicted octanol–water partition coefficient (Wildman–Crippen LogP) is 2.90. The Labute approximate surface area is 104 Å². The van der Waals surface area contributed by atoms with Crippen molar-refractivity contribution in [3.05, 3.63) is 27.7 Å². The number of nitrogens with zero attached hydrogens (tertiary/aromatic N) is 1. The van der Waals surface area contributed by atoms with Gasteiger partial charge in [-0.3, -0.25) is 0 Å². The lowest BCUT2D eigenvalue weighted by Gasteiger charge is -2.34. The molecule has 1 heterocycles. The van der Waals surface area contributed by atoms with Gasteiger partial charge in [-0.25, -0.2) is 0 Å². The third-order valence-electron chi connectivity index (χ3n) is 2.62. The average Bonchev–Trinajstić information content (AvgIpc) is 2.22. The summed E-state index contributed by atoms with van der Waals surface area (Å²) in [6, 6.07) is 6.51. The largest absolute Gasteiger partial charge is 0.367 e. The Hall–Kier alpha value is -0.250. The maximum atomic E-state index is 6.19. The number of hydrogen-bond acceptors (Lipinski definition) is 2. The molecule has 0 aromatic heterocycles. The van der Waals surface area contributed by atoms with Crippen molar-refractivity contribution < 1.29 is 0 Å². The van der Waals surface area contributed by atoms with Gasteiger partial charge in [0, 0.05) is 30.1 Å². The molecular weight excluding hydrogens is 275 g/mol. The highest BCUT2D eigenvalue weighted by Gasteiger charge is 2.17. The molecule has 1 aromatic carbocycles. The van der Waals surface area contributed by atoms with Gasteiger partial charge in [-0.1, -0.05) is 27.5 Å². The minimum Gasteiger partial charge on any atom is -0.367 e. The van der Waals surface area contributed by atoms with E-state index in [0.29, 0.717) is 6.04 Å². The summed E-state index contributed by atoms with van der Waals surface area (Å²) in [6.45, 7) is 5.23. The molecule has 1 saturated heterocycles. The zero-order valence-electron chi connectivity index (χ0n) is 8.63. The fourth-order valence-electron chi connectivity index (χ4n) is 1.88. The minimum absolute atomic E-state index is 0.522. The fourth-order valence-corrected chi connectivity index (χ4v) is 2.47. The molecule has 2 nitrogen and oxygen atoms in total. The third kappa shape index (κ3) is 2.65. The van der Waals surface area contributed by atoms with Crippen LogP contribution in [0.1, 0.15) is 6.92 Å². The van der Waals surface area contributed by atoms with Gasteiger partial charge in [0.2, 0.25) is 0 Å². The standard InChI is InChI=1S/C11H14BrClN2/c1-8-7-15(5-4-14-8)11-6-9(12)2-3-10(11)13/h2-3,6,8,14H,4-5,7H2,1H3. The van der Waals surface area contributed by atoms with E-state index in [0.717, 1.165) is 34.8 Å². The zero-order chi connectivity index (χ0) is 10.8. The second-order valence-corrected chi connectivity index (χ2v) is 5.22. The van der Waals surface area contributed by atoms with Crippen LogP contribution in [-0.2, 0) is 0 Å². The van der Waals surface area contributed by atoms with E-state index >= 15 is 0 Å². The van der Waals surface area contributed by atoms with Gasteiger partial charge < -0.3 is 10.2 Å². The summed E-state index contributed by atoms with van der Waals surface area (Å²) < 4.78 is 1.08. The molecule has 15 heavy (non-hydrogen) atoms. The normalized spacial score (nSPS) is 21.8. The van der Waals surface area contributed by atoms with Crippen LogP contribution in [0.15, 0.2) is 22.7 Å². The van der Waals surface area contributed by atoms with Gasteiger partial charge in [0.05, 0.1) is 10.7 Å². The Bertz CT molecular complexity index is 356. The number of anilines is 1. The number of piperazine rings is 1. The Balaban J connectivity index is 2.24. The molecule has 82 valence electrons. The van der Waals surface area contributed by atoms with Gasteiger partial charge in [0.25, 0.3) is 0 Å². The number of rotatable bonds is 1. The van der Waals surface area contributed by atoms with E-state index in [2.05, 4.69) is 39.1 Å². The number of halogens is 2. The molecule has 0 spiro atoms. The topological polar surface area (TPSA) is 15.3 Å². The summed E-state index contributed by atoms with van der Waals surface area (Å²) >= 11 is 9.67. The second kappa shape index (κ2) is 4.73. The van der Waals surface area contributed by atoms with Crippen LogP contribution in [0.3, 0.4) is 0 Å². The molecule has 0 saturated carbocycles. The summed E-state index contributed by atoms with van der Waals surface area (Å²) in [4.78, 5) is 2.33. The van der Waals surface area contributed by atoms with E-state index in [9.17, 15) is 0 Å². The van der Waals surface area contributed by atoms with Crippen molar-refractivity contribution in [3.63, 3.8) is 0 Å². The van der Waals surface area contributed by atoms with Crippen LogP contribution < -0.4 is 10.2 Å². The van der Waals surface area contributed by atoms with Crippen molar-refractivity contribution in [1.29, 1.82) is 0 Å². The van der Waals surface area contributed by atoms with E-state index < -0.39 is 0 Å². The molecular formula is C11H14BrClN2. The summed E-state index contributed by atoms with van der Waals surface area (Å²) in [5.74, 6) is 0. The molecule has 4 heteroatoms. The van der Waals surface area contributed by atoms with E-state index in [1.165, 1.54) is 0 Å². The van der Waals surface area contributed by atoms with Crippen molar-refractivity contribution in [2.75, 3.05) is 24.5 Å². The number of hydrogen-bond donors (Lipinski definition) is 1. The Morgan fingerprint density at radius 2 is 2.33 bits per heavy atom. The summed E-state index contributed by atoms with van der Waals surface area (Å²) in [7, 11) is 0. The monoisotopic (exact) mass is 288 g/mol. The van der Waals surface area contributed by atoms with Crippen LogP contribution in [0.2, 0.25) is 5.02 Å². The minimum atomic E-state index is 0.522. The zero-order valence-corrected chi connectivity index (χ0v) is 11.0. The van der Waals surface area contributed by atoms with E-state index in [4.69, 9.17) is 11.6 Å². The first-order chi connectivity index (χ1) is 7.16. The molecule has 0 bridgehead atoms. The van der Waals surface area contributed by atoms with E-state index in [1.807, 2.05) is 12.1 Å².